The average Bonchev–Trinajstić information content (AvgIpc) is 2.96. The van der Waals surface area contributed by atoms with Crippen LogP contribution in [0.25, 0.3) is 11.4 Å². The van der Waals surface area contributed by atoms with Gasteiger partial charge in [-0.1, -0.05) is 62.9 Å². The molecule has 0 aliphatic carbocycles. The summed E-state index contributed by atoms with van der Waals surface area (Å²) in [6.07, 6.45) is 1.82. The Hall–Kier alpha value is -2.08. The Morgan fingerprint density at radius 1 is 1.27 bits per heavy atom. The van der Waals surface area contributed by atoms with E-state index in [1.165, 1.54) is 17.3 Å². The lowest BCUT2D eigenvalue weighted by Gasteiger charge is -2.19. The molecule has 0 radical (unpaired) electrons. The van der Waals surface area contributed by atoms with E-state index in [9.17, 15) is 4.79 Å². The van der Waals surface area contributed by atoms with Crippen molar-refractivity contribution >= 4 is 17.7 Å². The van der Waals surface area contributed by atoms with Crippen LogP contribution in [-0.4, -0.2) is 44.9 Å². The van der Waals surface area contributed by atoms with Crippen molar-refractivity contribution in [2.75, 3.05) is 14.1 Å². The van der Waals surface area contributed by atoms with Crippen molar-refractivity contribution in [2.45, 2.75) is 50.1 Å². The molecule has 1 aromatic heterocycles. The molecule has 0 spiro atoms. The first-order valence-corrected chi connectivity index (χ1v) is 9.56. The van der Waals surface area contributed by atoms with E-state index < -0.39 is 0 Å². The molecule has 1 aromatic carbocycles. The molecule has 26 heavy (non-hydrogen) atoms. The molecule has 2 aromatic rings. The number of carbonyl (C=O) groups is 1. The molecule has 1 atom stereocenters. The lowest BCUT2D eigenvalue weighted by Crippen LogP contribution is -2.29. The third-order valence-corrected chi connectivity index (χ3v) is 5.18. The first kappa shape index (κ1) is 20.2. The first-order valence-electron chi connectivity index (χ1n) is 8.68. The minimum Gasteiger partial charge on any atom is -0.348 e. The van der Waals surface area contributed by atoms with E-state index in [1.54, 1.807) is 19.0 Å². The van der Waals surface area contributed by atoms with Crippen molar-refractivity contribution in [1.29, 1.82) is 0 Å². The lowest BCUT2D eigenvalue weighted by molar-refractivity contribution is -0.127. The molecule has 0 aliphatic rings. The maximum Gasteiger partial charge on any atom is 0.235 e. The fraction of sp³-hybridized carbons (Fsp3) is 0.450. The summed E-state index contributed by atoms with van der Waals surface area (Å²) in [7, 11) is 3.52. The van der Waals surface area contributed by atoms with E-state index in [0.29, 0.717) is 6.54 Å². The van der Waals surface area contributed by atoms with Crippen molar-refractivity contribution in [1.82, 2.24) is 19.7 Å². The summed E-state index contributed by atoms with van der Waals surface area (Å²) in [5.41, 5.74) is 2.39. The predicted octanol–water partition coefficient (Wildman–Crippen LogP) is 4.00. The number of allylic oxidation sites excluding steroid dienone is 1. The van der Waals surface area contributed by atoms with Crippen molar-refractivity contribution in [3.8, 4) is 11.4 Å². The molecule has 1 heterocycles. The highest BCUT2D eigenvalue weighted by molar-refractivity contribution is 8.00. The first-order chi connectivity index (χ1) is 12.1. The molecule has 1 unspecified atom stereocenters. The number of rotatable bonds is 6. The maximum atomic E-state index is 12.2. The standard InChI is InChI=1S/C20H28N4OS/c1-8-13-24-17(15-9-11-16(12-10-15)20(3,4)5)21-22-19(24)26-14(2)18(25)23(6)7/h8-12,14H,1,13H2,2-7H3. The average molecular weight is 373 g/mol. The Labute approximate surface area is 160 Å². The van der Waals surface area contributed by atoms with Crippen LogP contribution < -0.4 is 0 Å². The second-order valence-corrected chi connectivity index (χ2v) is 8.83. The van der Waals surface area contributed by atoms with E-state index in [4.69, 9.17) is 0 Å². The van der Waals surface area contributed by atoms with Crippen molar-refractivity contribution in [3.05, 3.63) is 42.5 Å². The molecule has 1 amide bonds. The molecule has 140 valence electrons. The zero-order valence-corrected chi connectivity index (χ0v) is 17.3. The molecule has 2 rings (SSSR count). The monoisotopic (exact) mass is 372 g/mol. The second kappa shape index (κ2) is 8.08. The number of aromatic nitrogens is 3. The van der Waals surface area contributed by atoms with E-state index >= 15 is 0 Å². The van der Waals surface area contributed by atoms with Gasteiger partial charge in [0.05, 0.1) is 5.25 Å². The number of thioether (sulfide) groups is 1. The molecule has 0 bridgehead atoms. The molecule has 0 aliphatic heterocycles. The van der Waals surface area contributed by atoms with Gasteiger partial charge in [-0.15, -0.1) is 16.8 Å². The van der Waals surface area contributed by atoms with E-state index in [0.717, 1.165) is 16.5 Å². The van der Waals surface area contributed by atoms with Crippen molar-refractivity contribution in [2.24, 2.45) is 0 Å². The van der Waals surface area contributed by atoms with Crippen LogP contribution in [0.15, 0.2) is 42.1 Å². The number of carbonyl (C=O) groups excluding carboxylic acids is 1. The van der Waals surface area contributed by atoms with Gasteiger partial charge in [-0.3, -0.25) is 9.36 Å². The highest BCUT2D eigenvalue weighted by Gasteiger charge is 2.22. The summed E-state index contributed by atoms with van der Waals surface area (Å²) in [5, 5.41) is 9.19. The zero-order valence-electron chi connectivity index (χ0n) is 16.5. The Balaban J connectivity index is 2.34. The second-order valence-electron chi connectivity index (χ2n) is 7.53. The maximum absolute atomic E-state index is 12.2. The summed E-state index contributed by atoms with van der Waals surface area (Å²) in [6, 6.07) is 8.42. The van der Waals surface area contributed by atoms with Gasteiger partial charge >= 0.3 is 0 Å². The lowest BCUT2D eigenvalue weighted by atomic mass is 9.87. The minimum absolute atomic E-state index is 0.0548. The summed E-state index contributed by atoms with van der Waals surface area (Å²) in [6.45, 7) is 12.9. The number of nitrogens with zero attached hydrogens (tertiary/aromatic N) is 4. The van der Waals surface area contributed by atoms with Crippen LogP contribution in [0.1, 0.15) is 33.3 Å². The van der Waals surface area contributed by atoms with Gasteiger partial charge in [-0.05, 0) is 17.9 Å². The SMILES string of the molecule is C=CCn1c(SC(C)C(=O)N(C)C)nnc1-c1ccc(C(C)(C)C)cc1. The van der Waals surface area contributed by atoms with Crippen LogP contribution in [0.2, 0.25) is 0 Å². The molecule has 0 saturated carbocycles. The molecular formula is C20H28N4OS. The Kier molecular flexibility index (Phi) is 6.29. The summed E-state index contributed by atoms with van der Waals surface area (Å²) >= 11 is 1.42. The Bertz CT molecular complexity index is 772. The fourth-order valence-corrected chi connectivity index (χ4v) is 3.58. The van der Waals surface area contributed by atoms with Gasteiger partial charge in [0.25, 0.3) is 0 Å². The molecule has 0 N–H and O–H groups in total. The van der Waals surface area contributed by atoms with Crippen LogP contribution in [0, 0.1) is 0 Å². The van der Waals surface area contributed by atoms with Crippen molar-refractivity contribution < 1.29 is 4.79 Å². The molecule has 6 heteroatoms. The van der Waals surface area contributed by atoms with Crippen LogP contribution >= 0.6 is 11.8 Å². The largest absolute Gasteiger partial charge is 0.348 e. The van der Waals surface area contributed by atoms with E-state index in [1.807, 2.05) is 17.6 Å². The van der Waals surface area contributed by atoms with E-state index in [2.05, 4.69) is 61.8 Å². The minimum atomic E-state index is -0.228. The van der Waals surface area contributed by atoms with Gasteiger partial charge in [0, 0.05) is 26.2 Å². The third kappa shape index (κ3) is 4.55. The smallest absolute Gasteiger partial charge is 0.235 e. The van der Waals surface area contributed by atoms with Crippen LogP contribution in [0.5, 0.6) is 0 Å². The van der Waals surface area contributed by atoms with Crippen molar-refractivity contribution in [3.63, 3.8) is 0 Å². The Morgan fingerprint density at radius 3 is 2.38 bits per heavy atom. The molecule has 0 fully saturated rings. The van der Waals surface area contributed by atoms with Gasteiger partial charge in [0.15, 0.2) is 11.0 Å². The zero-order chi connectivity index (χ0) is 19.5. The van der Waals surface area contributed by atoms with Gasteiger partial charge in [-0.2, -0.15) is 0 Å². The summed E-state index contributed by atoms with van der Waals surface area (Å²) in [4.78, 5) is 13.7. The van der Waals surface area contributed by atoms with Gasteiger partial charge in [0.2, 0.25) is 5.91 Å². The quantitative estimate of drug-likeness (QED) is 0.568. The van der Waals surface area contributed by atoms with E-state index in [-0.39, 0.29) is 16.6 Å². The number of benzene rings is 1. The Morgan fingerprint density at radius 2 is 1.88 bits per heavy atom. The van der Waals surface area contributed by atoms with Crippen LogP contribution in [0.3, 0.4) is 0 Å². The number of hydrogen-bond donors (Lipinski definition) is 0. The molecule has 5 nitrogen and oxygen atoms in total. The molecule has 0 saturated heterocycles. The fourth-order valence-electron chi connectivity index (χ4n) is 2.57. The van der Waals surface area contributed by atoms with Gasteiger partial charge in [-0.25, -0.2) is 0 Å². The van der Waals surface area contributed by atoms with Gasteiger partial charge in [0.1, 0.15) is 0 Å². The van der Waals surface area contributed by atoms with Crippen LogP contribution in [0.4, 0.5) is 0 Å². The van der Waals surface area contributed by atoms with Gasteiger partial charge < -0.3 is 4.90 Å². The highest BCUT2D eigenvalue weighted by Crippen LogP contribution is 2.29. The summed E-state index contributed by atoms with van der Waals surface area (Å²) in [5.74, 6) is 0.844. The van der Waals surface area contributed by atoms with Crippen LogP contribution in [-0.2, 0) is 16.8 Å². The number of hydrogen-bond acceptors (Lipinski definition) is 4. The third-order valence-electron chi connectivity index (χ3n) is 4.11. The highest BCUT2D eigenvalue weighted by atomic mass is 32.2. The normalized spacial score (nSPS) is 12.7. The molecular weight excluding hydrogens is 344 g/mol. The topological polar surface area (TPSA) is 51.0 Å². The predicted molar refractivity (Wildman–Crippen MR) is 108 cm³/mol. The number of amides is 1. The summed E-state index contributed by atoms with van der Waals surface area (Å²) < 4.78 is 2.00.